The SMILES string of the molecule is CO/C=C(/Oc1ccc(COC(C)=O)c(C)c1C(=O)O)C(=O)OC. The van der Waals surface area contributed by atoms with E-state index < -0.39 is 17.9 Å². The average Bonchev–Trinajstić information content (AvgIpc) is 2.52. The van der Waals surface area contributed by atoms with Crippen molar-refractivity contribution in [2.45, 2.75) is 20.5 Å². The van der Waals surface area contributed by atoms with Crippen molar-refractivity contribution < 1.29 is 38.4 Å². The number of aromatic carboxylic acids is 1. The summed E-state index contributed by atoms with van der Waals surface area (Å²) in [7, 11) is 2.46. The first-order chi connectivity index (χ1) is 11.3. The maximum Gasteiger partial charge on any atom is 0.377 e. The van der Waals surface area contributed by atoms with Crippen molar-refractivity contribution in [1.82, 2.24) is 0 Å². The molecule has 0 radical (unpaired) electrons. The van der Waals surface area contributed by atoms with E-state index in [1.165, 1.54) is 20.1 Å². The van der Waals surface area contributed by atoms with Gasteiger partial charge in [-0.15, -0.1) is 0 Å². The summed E-state index contributed by atoms with van der Waals surface area (Å²) in [5.74, 6) is -2.94. The maximum absolute atomic E-state index is 11.6. The summed E-state index contributed by atoms with van der Waals surface area (Å²) in [4.78, 5) is 34.1. The average molecular weight is 338 g/mol. The topological polar surface area (TPSA) is 108 Å². The van der Waals surface area contributed by atoms with Crippen LogP contribution in [0.5, 0.6) is 5.75 Å². The first-order valence-electron chi connectivity index (χ1n) is 6.80. The Morgan fingerprint density at radius 2 is 1.88 bits per heavy atom. The van der Waals surface area contributed by atoms with Gasteiger partial charge >= 0.3 is 17.9 Å². The molecule has 0 aliphatic carbocycles. The standard InChI is InChI=1S/C16H18O8/c1-9-11(7-23-10(2)17)5-6-12(14(9)15(18)19)24-13(8-21-3)16(20)22-4/h5-6,8H,7H2,1-4H3,(H,18,19)/b13-8+. The Labute approximate surface area is 138 Å². The van der Waals surface area contributed by atoms with Crippen molar-refractivity contribution in [1.29, 1.82) is 0 Å². The van der Waals surface area contributed by atoms with E-state index in [1.54, 1.807) is 13.0 Å². The largest absolute Gasteiger partial charge is 0.500 e. The molecule has 0 aliphatic heterocycles. The molecule has 8 nitrogen and oxygen atoms in total. The van der Waals surface area contributed by atoms with Crippen LogP contribution in [0.3, 0.4) is 0 Å². The molecule has 0 fully saturated rings. The highest BCUT2D eigenvalue weighted by atomic mass is 16.6. The van der Waals surface area contributed by atoms with Gasteiger partial charge in [-0.3, -0.25) is 4.79 Å². The van der Waals surface area contributed by atoms with E-state index in [9.17, 15) is 19.5 Å². The summed E-state index contributed by atoms with van der Waals surface area (Å²) in [6.07, 6.45) is 1.000. The number of carboxylic acid groups (broad SMARTS) is 1. The Kier molecular flexibility index (Phi) is 6.79. The van der Waals surface area contributed by atoms with Crippen LogP contribution in [0.25, 0.3) is 0 Å². The smallest absolute Gasteiger partial charge is 0.377 e. The third kappa shape index (κ3) is 4.73. The molecule has 130 valence electrons. The van der Waals surface area contributed by atoms with Gasteiger partial charge in [-0.25, -0.2) is 9.59 Å². The van der Waals surface area contributed by atoms with Gasteiger partial charge in [-0.2, -0.15) is 0 Å². The van der Waals surface area contributed by atoms with Crippen molar-refractivity contribution in [3.05, 3.63) is 40.8 Å². The van der Waals surface area contributed by atoms with Crippen LogP contribution < -0.4 is 4.74 Å². The fourth-order valence-electron chi connectivity index (χ4n) is 1.86. The number of carboxylic acids is 1. The molecule has 1 rings (SSSR count). The lowest BCUT2D eigenvalue weighted by atomic mass is 10.0. The summed E-state index contributed by atoms with van der Waals surface area (Å²) in [6, 6.07) is 2.91. The third-order valence-electron chi connectivity index (χ3n) is 3.02. The van der Waals surface area contributed by atoms with Gasteiger partial charge in [-0.1, -0.05) is 6.07 Å². The molecular weight excluding hydrogens is 320 g/mol. The van der Waals surface area contributed by atoms with Gasteiger partial charge in [0.15, 0.2) is 0 Å². The normalized spacial score (nSPS) is 10.8. The lowest BCUT2D eigenvalue weighted by Crippen LogP contribution is -2.14. The monoisotopic (exact) mass is 338 g/mol. The second kappa shape index (κ2) is 8.56. The number of hydrogen-bond donors (Lipinski definition) is 1. The third-order valence-corrected chi connectivity index (χ3v) is 3.02. The van der Waals surface area contributed by atoms with E-state index >= 15 is 0 Å². The minimum atomic E-state index is -1.26. The maximum atomic E-state index is 11.6. The second-order valence-electron chi connectivity index (χ2n) is 4.62. The summed E-state index contributed by atoms with van der Waals surface area (Å²) < 4.78 is 19.5. The molecule has 8 heteroatoms. The van der Waals surface area contributed by atoms with Gasteiger partial charge in [0.1, 0.15) is 24.2 Å². The van der Waals surface area contributed by atoms with Crippen LogP contribution in [0, 0.1) is 6.92 Å². The van der Waals surface area contributed by atoms with Crippen molar-refractivity contribution in [3.8, 4) is 5.75 Å². The Bertz CT molecular complexity index is 675. The molecule has 0 aliphatic rings. The quantitative estimate of drug-likeness (QED) is 0.455. The minimum absolute atomic E-state index is 0.0692. The highest BCUT2D eigenvalue weighted by Crippen LogP contribution is 2.27. The summed E-state index contributed by atoms with van der Waals surface area (Å²) in [5, 5.41) is 9.43. The molecule has 0 bridgehead atoms. The Balaban J connectivity index is 3.26. The van der Waals surface area contributed by atoms with Crippen LogP contribution in [0.1, 0.15) is 28.4 Å². The van der Waals surface area contributed by atoms with Crippen LogP contribution in [0.15, 0.2) is 24.2 Å². The van der Waals surface area contributed by atoms with Gasteiger partial charge in [0, 0.05) is 6.92 Å². The number of carbonyl (C=O) groups excluding carboxylic acids is 2. The number of benzene rings is 1. The lowest BCUT2D eigenvalue weighted by Gasteiger charge is -2.15. The molecule has 24 heavy (non-hydrogen) atoms. The Hall–Kier alpha value is -3.03. The van der Waals surface area contributed by atoms with Crippen LogP contribution in [-0.2, 0) is 30.4 Å². The number of carbonyl (C=O) groups is 3. The zero-order valence-electron chi connectivity index (χ0n) is 13.7. The lowest BCUT2D eigenvalue weighted by molar-refractivity contribution is -0.142. The van der Waals surface area contributed by atoms with Crippen LogP contribution in [-0.4, -0.2) is 37.2 Å². The van der Waals surface area contributed by atoms with Crippen molar-refractivity contribution in [2.75, 3.05) is 14.2 Å². The van der Waals surface area contributed by atoms with Crippen LogP contribution in [0.4, 0.5) is 0 Å². The first-order valence-corrected chi connectivity index (χ1v) is 6.80. The molecule has 1 aromatic rings. The van der Waals surface area contributed by atoms with Gasteiger partial charge in [0.05, 0.1) is 14.2 Å². The predicted molar refractivity (Wildman–Crippen MR) is 81.3 cm³/mol. The van der Waals surface area contributed by atoms with Crippen molar-refractivity contribution in [2.24, 2.45) is 0 Å². The number of methoxy groups -OCH3 is 2. The fraction of sp³-hybridized carbons (Fsp3) is 0.312. The van der Waals surface area contributed by atoms with Crippen LogP contribution >= 0.6 is 0 Å². The molecular formula is C16H18O8. The molecule has 1 N–H and O–H groups in total. The summed E-state index contributed by atoms with van der Waals surface area (Å²) in [6.45, 7) is 2.73. The number of rotatable bonds is 7. The number of hydrogen-bond acceptors (Lipinski definition) is 7. The highest BCUT2D eigenvalue weighted by Gasteiger charge is 2.22. The molecule has 0 atom stereocenters. The molecule has 0 heterocycles. The van der Waals surface area contributed by atoms with E-state index in [-0.39, 0.29) is 23.7 Å². The van der Waals surface area contributed by atoms with Crippen molar-refractivity contribution >= 4 is 17.9 Å². The molecule has 0 unspecified atom stereocenters. The van der Waals surface area contributed by atoms with Gasteiger partial charge < -0.3 is 24.1 Å². The molecule has 0 spiro atoms. The van der Waals surface area contributed by atoms with E-state index in [4.69, 9.17) is 14.2 Å². The van der Waals surface area contributed by atoms with Gasteiger partial charge in [0.2, 0.25) is 5.76 Å². The van der Waals surface area contributed by atoms with E-state index in [0.29, 0.717) is 11.1 Å². The van der Waals surface area contributed by atoms with Gasteiger partial charge in [0.25, 0.3) is 0 Å². The first kappa shape index (κ1) is 19.0. The van der Waals surface area contributed by atoms with Crippen molar-refractivity contribution in [3.63, 3.8) is 0 Å². The summed E-state index contributed by atoms with van der Waals surface area (Å²) >= 11 is 0. The zero-order valence-corrected chi connectivity index (χ0v) is 13.7. The van der Waals surface area contributed by atoms with E-state index in [1.807, 2.05) is 0 Å². The predicted octanol–water partition coefficient (Wildman–Crippen LogP) is 1.80. The van der Waals surface area contributed by atoms with E-state index in [0.717, 1.165) is 13.4 Å². The molecule has 0 aromatic heterocycles. The highest BCUT2D eigenvalue weighted by molar-refractivity contribution is 5.94. The molecule has 0 amide bonds. The second-order valence-corrected chi connectivity index (χ2v) is 4.62. The summed E-state index contributed by atoms with van der Waals surface area (Å²) in [5.41, 5.74) is 0.693. The molecule has 0 saturated carbocycles. The van der Waals surface area contributed by atoms with Gasteiger partial charge in [-0.05, 0) is 24.1 Å². The van der Waals surface area contributed by atoms with E-state index in [2.05, 4.69) is 4.74 Å². The minimum Gasteiger partial charge on any atom is -0.500 e. The molecule has 0 saturated heterocycles. The number of esters is 2. The number of ether oxygens (including phenoxy) is 4. The van der Waals surface area contributed by atoms with Crippen LogP contribution in [0.2, 0.25) is 0 Å². The Morgan fingerprint density at radius 1 is 1.21 bits per heavy atom. The fourth-order valence-corrected chi connectivity index (χ4v) is 1.86. The molecule has 1 aromatic carbocycles. The Morgan fingerprint density at radius 3 is 2.38 bits per heavy atom. The zero-order chi connectivity index (χ0) is 18.3.